The number of thioether (sulfide) groups is 1. The maximum absolute atomic E-state index is 12.0. The molecule has 7 heteroatoms. The van der Waals surface area contributed by atoms with Crippen LogP contribution < -0.4 is 16.2 Å². The Morgan fingerprint density at radius 3 is 2.39 bits per heavy atom. The monoisotopic (exact) mass is 365 g/mol. The van der Waals surface area contributed by atoms with Crippen molar-refractivity contribution in [2.75, 3.05) is 5.32 Å². The molecule has 0 saturated heterocycles. The van der Waals surface area contributed by atoms with Crippen LogP contribution in [0.5, 0.6) is 0 Å². The lowest BCUT2D eigenvalue weighted by molar-refractivity contribution is -0.120. The van der Waals surface area contributed by atoms with Gasteiger partial charge in [-0.1, -0.05) is 29.8 Å². The molecule has 1 atom stereocenters. The zero-order valence-corrected chi connectivity index (χ0v) is 14.8. The maximum Gasteiger partial charge on any atom is 0.251 e. The minimum atomic E-state index is -0.247. The largest absolute Gasteiger partial charge is 0.331 e. The molecule has 0 aromatic heterocycles. The van der Waals surface area contributed by atoms with E-state index in [0.29, 0.717) is 10.1 Å². The van der Waals surface area contributed by atoms with Gasteiger partial charge in [-0.05, 0) is 55.5 Å². The first-order valence-corrected chi connectivity index (χ1v) is 8.55. The van der Waals surface area contributed by atoms with Crippen LogP contribution in [0.3, 0.4) is 0 Å². The van der Waals surface area contributed by atoms with E-state index in [0.717, 1.165) is 10.6 Å². The molecule has 0 unspecified atom stereocenters. The lowest BCUT2D eigenvalue weighted by Crippen LogP contribution is -2.46. The van der Waals surface area contributed by atoms with Crippen LogP contribution in [-0.2, 0) is 4.79 Å². The van der Waals surface area contributed by atoms with Crippen LogP contribution in [0.25, 0.3) is 0 Å². The van der Waals surface area contributed by atoms with Crippen molar-refractivity contribution in [1.82, 2.24) is 10.9 Å². The number of hydrogen-bond acceptors (Lipinski definition) is 3. The molecule has 0 fully saturated rings. The molecule has 1 amide bonds. The predicted octanol–water partition coefficient (Wildman–Crippen LogP) is 3.84. The summed E-state index contributed by atoms with van der Waals surface area (Å²) < 4.78 is 0. The lowest BCUT2D eigenvalue weighted by Gasteiger charge is -2.15. The zero-order chi connectivity index (χ0) is 16.7. The molecule has 0 radical (unpaired) electrons. The van der Waals surface area contributed by atoms with Gasteiger partial charge in [0.15, 0.2) is 5.11 Å². The highest BCUT2D eigenvalue weighted by Crippen LogP contribution is 2.22. The van der Waals surface area contributed by atoms with Crippen molar-refractivity contribution in [3.63, 3.8) is 0 Å². The first kappa shape index (κ1) is 17.6. The number of nitrogens with one attached hydrogen (secondary N) is 3. The van der Waals surface area contributed by atoms with Gasteiger partial charge in [0.2, 0.25) is 0 Å². The number of rotatable bonds is 4. The van der Waals surface area contributed by atoms with Crippen LogP contribution in [0.2, 0.25) is 5.02 Å². The number of carbonyl (C=O) groups excluding carboxylic acids is 1. The quantitative estimate of drug-likeness (QED) is 0.436. The van der Waals surface area contributed by atoms with Gasteiger partial charge in [0.1, 0.15) is 0 Å². The van der Waals surface area contributed by atoms with E-state index < -0.39 is 0 Å². The molecule has 0 bridgehead atoms. The molecule has 3 N–H and O–H groups in total. The fourth-order valence-electron chi connectivity index (χ4n) is 1.67. The van der Waals surface area contributed by atoms with E-state index in [1.165, 1.54) is 11.8 Å². The van der Waals surface area contributed by atoms with Crippen LogP contribution in [-0.4, -0.2) is 16.3 Å². The van der Waals surface area contributed by atoms with Gasteiger partial charge in [-0.25, -0.2) is 0 Å². The van der Waals surface area contributed by atoms with E-state index >= 15 is 0 Å². The number of hydrogen-bond donors (Lipinski definition) is 3. The Balaban J connectivity index is 1.76. The van der Waals surface area contributed by atoms with Crippen LogP contribution in [0.1, 0.15) is 6.92 Å². The Labute approximate surface area is 150 Å². The molecule has 2 aromatic rings. The number of benzene rings is 2. The third kappa shape index (κ3) is 6.09. The first-order chi connectivity index (χ1) is 11.0. The molecule has 2 rings (SSSR count). The number of anilines is 1. The van der Waals surface area contributed by atoms with Crippen molar-refractivity contribution in [1.29, 1.82) is 0 Å². The summed E-state index contributed by atoms with van der Waals surface area (Å²) in [6, 6.07) is 16.9. The number of amides is 1. The van der Waals surface area contributed by atoms with E-state index in [9.17, 15) is 4.79 Å². The van der Waals surface area contributed by atoms with Gasteiger partial charge >= 0.3 is 0 Å². The van der Waals surface area contributed by atoms with E-state index in [1.54, 1.807) is 24.3 Å². The van der Waals surface area contributed by atoms with Gasteiger partial charge in [-0.3, -0.25) is 15.6 Å². The Morgan fingerprint density at radius 2 is 1.74 bits per heavy atom. The predicted molar refractivity (Wildman–Crippen MR) is 101 cm³/mol. The SMILES string of the molecule is C[C@@H](Sc1ccccc1)C(=O)NNC(=S)Nc1ccc(Cl)cc1. The summed E-state index contributed by atoms with van der Waals surface area (Å²) in [4.78, 5) is 13.1. The van der Waals surface area contributed by atoms with E-state index in [2.05, 4.69) is 16.2 Å². The summed E-state index contributed by atoms with van der Waals surface area (Å²) in [7, 11) is 0. The number of thiocarbonyl (C=S) groups is 1. The molecule has 0 aliphatic heterocycles. The highest BCUT2D eigenvalue weighted by molar-refractivity contribution is 8.00. The van der Waals surface area contributed by atoms with Gasteiger partial charge in [0, 0.05) is 15.6 Å². The second-order valence-electron chi connectivity index (χ2n) is 4.65. The summed E-state index contributed by atoms with van der Waals surface area (Å²) in [5.74, 6) is -0.154. The minimum Gasteiger partial charge on any atom is -0.331 e. The standard InChI is InChI=1S/C16H16ClN3OS2/c1-11(23-14-5-3-2-4-6-14)15(21)19-20-16(22)18-13-9-7-12(17)8-10-13/h2-11H,1H3,(H,19,21)(H2,18,20,22)/t11-/m1/s1. The second-order valence-corrected chi connectivity index (χ2v) is 6.91. The van der Waals surface area contributed by atoms with E-state index in [4.69, 9.17) is 23.8 Å². The molecule has 0 heterocycles. The summed E-state index contributed by atoms with van der Waals surface area (Å²) in [6.45, 7) is 1.84. The maximum atomic E-state index is 12.0. The average Bonchev–Trinajstić information content (AvgIpc) is 2.55. The van der Waals surface area contributed by atoms with Crippen molar-refractivity contribution in [3.8, 4) is 0 Å². The molecule has 0 saturated carbocycles. The van der Waals surface area contributed by atoms with Crippen LogP contribution in [0.15, 0.2) is 59.5 Å². The summed E-state index contributed by atoms with van der Waals surface area (Å²) in [5.41, 5.74) is 6.07. The van der Waals surface area contributed by atoms with Gasteiger partial charge in [0.05, 0.1) is 5.25 Å². The third-order valence-corrected chi connectivity index (χ3v) is 4.39. The van der Waals surface area contributed by atoms with Crippen molar-refractivity contribution in [2.45, 2.75) is 17.1 Å². The Bertz CT molecular complexity index is 665. The zero-order valence-electron chi connectivity index (χ0n) is 12.4. The third-order valence-electron chi connectivity index (χ3n) is 2.83. The second kappa shape index (κ2) is 8.76. The fraction of sp³-hybridized carbons (Fsp3) is 0.125. The summed E-state index contributed by atoms with van der Waals surface area (Å²) in [5, 5.41) is 3.66. The highest BCUT2D eigenvalue weighted by Gasteiger charge is 2.14. The Kier molecular flexibility index (Phi) is 6.70. The van der Waals surface area contributed by atoms with E-state index in [-0.39, 0.29) is 11.2 Å². The Morgan fingerprint density at radius 1 is 1.09 bits per heavy atom. The topological polar surface area (TPSA) is 53.2 Å². The molecule has 23 heavy (non-hydrogen) atoms. The normalized spacial score (nSPS) is 11.4. The smallest absolute Gasteiger partial charge is 0.251 e. The van der Waals surface area contributed by atoms with Gasteiger partial charge in [-0.15, -0.1) is 11.8 Å². The molecule has 0 aliphatic carbocycles. The molecule has 0 aliphatic rings. The number of hydrazine groups is 1. The molecule has 2 aromatic carbocycles. The van der Waals surface area contributed by atoms with Gasteiger partial charge in [0.25, 0.3) is 5.91 Å². The molecule has 120 valence electrons. The van der Waals surface area contributed by atoms with Crippen molar-refractivity contribution in [2.24, 2.45) is 0 Å². The Hall–Kier alpha value is -1.76. The summed E-state index contributed by atoms with van der Waals surface area (Å²) in [6.07, 6.45) is 0. The minimum absolute atomic E-state index is 0.154. The van der Waals surface area contributed by atoms with Crippen LogP contribution in [0, 0.1) is 0 Å². The average molecular weight is 366 g/mol. The molecular formula is C16H16ClN3OS2. The van der Waals surface area contributed by atoms with Crippen LogP contribution in [0.4, 0.5) is 5.69 Å². The fourth-order valence-corrected chi connectivity index (χ4v) is 2.86. The van der Waals surface area contributed by atoms with Gasteiger partial charge < -0.3 is 5.32 Å². The molecular weight excluding hydrogens is 350 g/mol. The highest BCUT2D eigenvalue weighted by atomic mass is 35.5. The van der Waals surface area contributed by atoms with Gasteiger partial charge in [-0.2, -0.15) is 0 Å². The number of carbonyl (C=O) groups is 1. The van der Waals surface area contributed by atoms with Crippen molar-refractivity contribution >= 4 is 52.3 Å². The van der Waals surface area contributed by atoms with Crippen LogP contribution >= 0.6 is 35.6 Å². The van der Waals surface area contributed by atoms with Crippen molar-refractivity contribution in [3.05, 3.63) is 59.6 Å². The lowest BCUT2D eigenvalue weighted by atomic mass is 10.3. The summed E-state index contributed by atoms with van der Waals surface area (Å²) >= 11 is 12.4. The van der Waals surface area contributed by atoms with Crippen molar-refractivity contribution < 1.29 is 4.79 Å². The number of halogens is 1. The molecule has 0 spiro atoms. The van der Waals surface area contributed by atoms with E-state index in [1.807, 2.05) is 37.3 Å². The molecule has 4 nitrogen and oxygen atoms in total. The first-order valence-electron chi connectivity index (χ1n) is 6.89.